The molecule has 1 unspecified atom stereocenters. The Morgan fingerprint density at radius 1 is 1.52 bits per heavy atom. The highest BCUT2D eigenvalue weighted by Gasteiger charge is 2.27. The molecule has 1 aliphatic carbocycles. The van der Waals surface area contributed by atoms with Gasteiger partial charge in [-0.25, -0.2) is 22.3 Å². The highest BCUT2D eigenvalue weighted by Crippen LogP contribution is 2.33. The van der Waals surface area contributed by atoms with Crippen LogP contribution in [0.1, 0.15) is 36.5 Å². The van der Waals surface area contributed by atoms with Gasteiger partial charge in [-0.15, -0.1) is 0 Å². The summed E-state index contributed by atoms with van der Waals surface area (Å²) in [6, 6.07) is 1.29. The lowest BCUT2D eigenvalue weighted by Gasteiger charge is -2.14. The van der Waals surface area contributed by atoms with Crippen molar-refractivity contribution in [3.8, 4) is 0 Å². The van der Waals surface area contributed by atoms with E-state index >= 15 is 0 Å². The number of carbonyl (C=O) groups is 1. The lowest BCUT2D eigenvalue weighted by molar-refractivity contribution is 0.0696. The Balaban J connectivity index is 2.28. The van der Waals surface area contributed by atoms with Gasteiger partial charge in [-0.05, 0) is 31.4 Å². The van der Waals surface area contributed by atoms with E-state index in [1.807, 2.05) is 0 Å². The number of halogens is 2. The largest absolute Gasteiger partial charge is 0.478 e. The van der Waals surface area contributed by atoms with Gasteiger partial charge >= 0.3 is 5.97 Å². The van der Waals surface area contributed by atoms with Crippen molar-refractivity contribution in [3.63, 3.8) is 0 Å². The number of aromatic carboxylic acids is 1. The second-order valence-corrected chi connectivity index (χ2v) is 7.37. The van der Waals surface area contributed by atoms with Crippen molar-refractivity contribution in [2.75, 3.05) is 0 Å². The molecule has 5 nitrogen and oxygen atoms in total. The smallest absolute Gasteiger partial charge is 0.337 e. The van der Waals surface area contributed by atoms with E-state index in [2.05, 4.69) is 4.72 Å². The van der Waals surface area contributed by atoms with Gasteiger partial charge in [0.1, 0.15) is 5.82 Å². The van der Waals surface area contributed by atoms with Crippen LogP contribution in [0.2, 0.25) is 5.02 Å². The number of sulfonamides is 1. The van der Waals surface area contributed by atoms with Crippen LogP contribution < -0.4 is 4.72 Å². The fourth-order valence-corrected chi connectivity index (χ4v) is 3.59. The summed E-state index contributed by atoms with van der Waals surface area (Å²) in [6.07, 6.45) is 2.89. The molecule has 2 rings (SSSR count). The predicted molar refractivity (Wildman–Crippen MR) is 75.5 cm³/mol. The van der Waals surface area contributed by atoms with E-state index in [1.54, 1.807) is 6.92 Å². The van der Waals surface area contributed by atoms with Gasteiger partial charge in [0.25, 0.3) is 0 Å². The second-order valence-electron chi connectivity index (χ2n) is 5.27. The molecule has 0 spiro atoms. The number of carboxylic acid groups (broad SMARTS) is 1. The first-order valence-corrected chi connectivity index (χ1v) is 8.31. The second kappa shape index (κ2) is 5.90. The molecule has 21 heavy (non-hydrogen) atoms. The standard InChI is InChI=1S/C13H15ClFNO4S/c1-7(4-8-2-3-8)16-21(19,20)9-5-10(13(17)18)12(14)11(15)6-9/h5-8,16H,2-4H2,1H3,(H,17,18). The van der Waals surface area contributed by atoms with Crippen LogP contribution in [0.4, 0.5) is 4.39 Å². The summed E-state index contributed by atoms with van der Waals surface area (Å²) < 4.78 is 40.4. The molecule has 1 aliphatic rings. The molecule has 0 aliphatic heterocycles. The quantitative estimate of drug-likeness (QED) is 0.837. The van der Waals surface area contributed by atoms with Crippen molar-refractivity contribution in [1.82, 2.24) is 4.72 Å². The van der Waals surface area contributed by atoms with Crippen molar-refractivity contribution >= 4 is 27.6 Å². The van der Waals surface area contributed by atoms with Crippen molar-refractivity contribution < 1.29 is 22.7 Å². The van der Waals surface area contributed by atoms with Gasteiger partial charge < -0.3 is 5.11 Å². The third kappa shape index (κ3) is 3.93. The Morgan fingerprint density at radius 3 is 2.67 bits per heavy atom. The minimum absolute atomic E-state index is 0.297. The molecule has 2 N–H and O–H groups in total. The molecule has 0 saturated heterocycles. The molecule has 1 aromatic carbocycles. The average Bonchev–Trinajstić information content (AvgIpc) is 3.14. The molecular formula is C13H15ClFNO4S. The van der Waals surface area contributed by atoms with Gasteiger partial charge in [0.05, 0.1) is 15.5 Å². The number of hydrogen-bond donors (Lipinski definition) is 2. The number of hydrogen-bond acceptors (Lipinski definition) is 3. The minimum atomic E-state index is -3.98. The fourth-order valence-electron chi connectivity index (χ4n) is 2.11. The Labute approximate surface area is 127 Å². The van der Waals surface area contributed by atoms with Crippen molar-refractivity contribution in [3.05, 3.63) is 28.5 Å². The van der Waals surface area contributed by atoms with Crippen LogP contribution in [-0.2, 0) is 10.0 Å². The van der Waals surface area contributed by atoms with E-state index in [4.69, 9.17) is 16.7 Å². The van der Waals surface area contributed by atoms with Gasteiger partial charge in [-0.2, -0.15) is 0 Å². The van der Waals surface area contributed by atoms with Gasteiger partial charge in [0.2, 0.25) is 10.0 Å². The van der Waals surface area contributed by atoms with Gasteiger partial charge in [0.15, 0.2) is 0 Å². The van der Waals surface area contributed by atoms with Gasteiger partial charge in [-0.3, -0.25) is 0 Å². The molecule has 1 saturated carbocycles. The number of rotatable bonds is 6. The molecule has 8 heteroatoms. The first kappa shape index (κ1) is 16.2. The number of nitrogens with one attached hydrogen (secondary N) is 1. The topological polar surface area (TPSA) is 83.5 Å². The minimum Gasteiger partial charge on any atom is -0.478 e. The highest BCUT2D eigenvalue weighted by molar-refractivity contribution is 7.89. The van der Waals surface area contributed by atoms with Crippen LogP contribution in [0.25, 0.3) is 0 Å². The molecule has 0 amide bonds. The first-order valence-electron chi connectivity index (χ1n) is 6.45. The van der Waals surface area contributed by atoms with Crippen molar-refractivity contribution in [1.29, 1.82) is 0 Å². The van der Waals surface area contributed by atoms with Crippen LogP contribution in [0.3, 0.4) is 0 Å². The lowest BCUT2D eigenvalue weighted by Crippen LogP contribution is -2.33. The van der Waals surface area contributed by atoms with E-state index in [9.17, 15) is 17.6 Å². The maximum Gasteiger partial charge on any atom is 0.337 e. The summed E-state index contributed by atoms with van der Waals surface area (Å²) in [4.78, 5) is 10.5. The molecule has 0 bridgehead atoms. The van der Waals surface area contributed by atoms with E-state index in [1.165, 1.54) is 0 Å². The molecule has 0 radical (unpaired) electrons. The third-order valence-electron chi connectivity index (χ3n) is 3.28. The van der Waals surface area contributed by atoms with E-state index in [-0.39, 0.29) is 6.04 Å². The summed E-state index contributed by atoms with van der Waals surface area (Å²) in [5.74, 6) is -2.03. The summed E-state index contributed by atoms with van der Waals surface area (Å²) >= 11 is 5.52. The highest BCUT2D eigenvalue weighted by atomic mass is 35.5. The van der Waals surface area contributed by atoms with E-state index in [0.29, 0.717) is 12.3 Å². The van der Waals surface area contributed by atoms with Crippen molar-refractivity contribution in [2.45, 2.75) is 37.1 Å². The fraction of sp³-hybridized carbons (Fsp3) is 0.462. The molecule has 1 aromatic rings. The number of benzene rings is 1. The van der Waals surface area contributed by atoms with Crippen molar-refractivity contribution in [2.24, 2.45) is 5.92 Å². The van der Waals surface area contributed by atoms with Gasteiger partial charge in [-0.1, -0.05) is 24.4 Å². The van der Waals surface area contributed by atoms with Crippen LogP contribution in [0.15, 0.2) is 17.0 Å². The van der Waals surface area contributed by atoms with E-state index < -0.39 is 37.3 Å². The van der Waals surface area contributed by atoms with Crippen LogP contribution in [0.5, 0.6) is 0 Å². The third-order valence-corrected chi connectivity index (χ3v) is 5.24. The molecular weight excluding hydrogens is 321 g/mol. The van der Waals surface area contributed by atoms with Crippen LogP contribution in [0, 0.1) is 11.7 Å². The average molecular weight is 336 g/mol. The van der Waals surface area contributed by atoms with Crippen LogP contribution in [-0.4, -0.2) is 25.5 Å². The van der Waals surface area contributed by atoms with Gasteiger partial charge in [0, 0.05) is 6.04 Å². The zero-order chi connectivity index (χ0) is 15.8. The Hall–Kier alpha value is -1.18. The van der Waals surface area contributed by atoms with E-state index in [0.717, 1.165) is 25.0 Å². The summed E-state index contributed by atoms with van der Waals surface area (Å²) in [5.41, 5.74) is -0.577. The zero-order valence-corrected chi connectivity index (χ0v) is 12.8. The SMILES string of the molecule is CC(CC1CC1)NS(=O)(=O)c1cc(F)c(Cl)c(C(=O)O)c1. The lowest BCUT2D eigenvalue weighted by atomic mass is 10.2. The Bertz CT molecular complexity index is 673. The Morgan fingerprint density at radius 2 is 2.14 bits per heavy atom. The number of carboxylic acids is 1. The molecule has 1 fully saturated rings. The zero-order valence-electron chi connectivity index (χ0n) is 11.3. The monoisotopic (exact) mass is 335 g/mol. The predicted octanol–water partition coefficient (Wildman–Crippen LogP) is 2.64. The maximum atomic E-state index is 13.6. The molecule has 0 aromatic heterocycles. The summed E-state index contributed by atoms with van der Waals surface area (Å²) in [5, 5.41) is 8.32. The summed E-state index contributed by atoms with van der Waals surface area (Å²) in [7, 11) is -3.98. The maximum absolute atomic E-state index is 13.6. The molecule has 1 atom stereocenters. The molecule has 0 heterocycles. The normalized spacial score (nSPS) is 16.7. The first-order chi connectivity index (χ1) is 9.70. The molecule has 116 valence electrons. The van der Waals surface area contributed by atoms with Crippen LogP contribution >= 0.6 is 11.6 Å². The summed E-state index contributed by atoms with van der Waals surface area (Å²) in [6.45, 7) is 1.72. The Kier molecular flexibility index (Phi) is 4.55.